The first-order valence-electron chi connectivity index (χ1n) is 7.34. The molecule has 0 saturated heterocycles. The molecule has 5 heteroatoms. The van der Waals surface area contributed by atoms with Crippen molar-refractivity contribution >= 4 is 17.7 Å². The molecule has 5 nitrogen and oxygen atoms in total. The van der Waals surface area contributed by atoms with Gasteiger partial charge in [0, 0.05) is 11.8 Å². The third-order valence-electron chi connectivity index (χ3n) is 6.41. The van der Waals surface area contributed by atoms with E-state index in [0.717, 1.165) is 6.42 Å². The largest absolute Gasteiger partial charge is 0.480 e. The summed E-state index contributed by atoms with van der Waals surface area (Å²) in [7, 11) is 0. The van der Waals surface area contributed by atoms with Gasteiger partial charge in [0.1, 0.15) is 5.78 Å². The third kappa shape index (κ3) is 1.41. The Balaban J connectivity index is 1.98. The van der Waals surface area contributed by atoms with Crippen molar-refractivity contribution in [3.05, 3.63) is 0 Å². The van der Waals surface area contributed by atoms with Crippen molar-refractivity contribution in [1.29, 1.82) is 0 Å². The SMILES string of the molecule is CC12CCC3C(CCC3(C(=O)O)C(=O)O)C1CCC2=O. The molecule has 3 rings (SSSR count). The van der Waals surface area contributed by atoms with Gasteiger partial charge >= 0.3 is 11.9 Å². The average Bonchev–Trinajstić information content (AvgIpc) is 2.89. The van der Waals surface area contributed by atoms with Gasteiger partial charge in [-0.2, -0.15) is 0 Å². The van der Waals surface area contributed by atoms with Crippen molar-refractivity contribution in [3.63, 3.8) is 0 Å². The summed E-state index contributed by atoms with van der Waals surface area (Å²) in [5, 5.41) is 19.0. The lowest BCUT2D eigenvalue weighted by molar-refractivity contribution is -0.170. The quantitative estimate of drug-likeness (QED) is 0.754. The van der Waals surface area contributed by atoms with Crippen LogP contribution in [0.2, 0.25) is 0 Å². The van der Waals surface area contributed by atoms with E-state index in [0.29, 0.717) is 25.7 Å². The third-order valence-corrected chi connectivity index (χ3v) is 6.41. The van der Waals surface area contributed by atoms with Crippen LogP contribution in [0, 0.1) is 28.6 Å². The predicted molar refractivity (Wildman–Crippen MR) is 69.0 cm³/mol. The first-order valence-corrected chi connectivity index (χ1v) is 7.34. The lowest BCUT2D eigenvalue weighted by Crippen LogP contribution is -2.49. The van der Waals surface area contributed by atoms with Gasteiger partial charge in [0.2, 0.25) is 0 Å². The van der Waals surface area contributed by atoms with E-state index < -0.39 is 17.4 Å². The van der Waals surface area contributed by atoms with Gasteiger partial charge in [0.05, 0.1) is 0 Å². The first-order chi connectivity index (χ1) is 9.34. The molecular formula is C15H20O5. The normalized spacial score (nSPS) is 42.0. The molecule has 0 bridgehead atoms. The molecule has 3 fully saturated rings. The average molecular weight is 280 g/mol. The van der Waals surface area contributed by atoms with Crippen LogP contribution >= 0.6 is 0 Å². The highest BCUT2D eigenvalue weighted by molar-refractivity contribution is 5.99. The van der Waals surface area contributed by atoms with Crippen molar-refractivity contribution in [2.75, 3.05) is 0 Å². The van der Waals surface area contributed by atoms with Gasteiger partial charge in [0.15, 0.2) is 5.41 Å². The second kappa shape index (κ2) is 4.06. The Bertz CT molecular complexity index is 482. The molecule has 0 radical (unpaired) electrons. The molecule has 0 heterocycles. The highest BCUT2D eigenvalue weighted by Crippen LogP contribution is 2.63. The standard InChI is InChI=1S/C15H20O5/c1-14-6-5-10-8(9(14)2-3-11(14)16)4-7-15(10,12(17)18)13(19)20/h8-10H,2-7H2,1H3,(H,17,18)(H,19,20). The molecule has 0 spiro atoms. The number of rotatable bonds is 2. The molecule has 20 heavy (non-hydrogen) atoms. The number of fused-ring (bicyclic) bond motifs is 3. The first kappa shape index (κ1) is 13.6. The van der Waals surface area contributed by atoms with E-state index in [1.807, 2.05) is 6.92 Å². The maximum absolute atomic E-state index is 12.1. The summed E-state index contributed by atoms with van der Waals surface area (Å²) in [6.07, 6.45) is 3.37. The predicted octanol–water partition coefficient (Wildman–Crippen LogP) is 1.95. The summed E-state index contributed by atoms with van der Waals surface area (Å²) in [5.41, 5.74) is -1.97. The van der Waals surface area contributed by atoms with Crippen molar-refractivity contribution in [2.45, 2.75) is 45.4 Å². The van der Waals surface area contributed by atoms with Gasteiger partial charge < -0.3 is 10.2 Å². The molecule has 0 amide bonds. The molecule has 4 atom stereocenters. The molecule has 4 unspecified atom stereocenters. The van der Waals surface area contributed by atoms with E-state index >= 15 is 0 Å². The molecule has 110 valence electrons. The fraction of sp³-hybridized carbons (Fsp3) is 0.800. The Labute approximate surface area is 117 Å². The number of carboxylic acids is 2. The lowest BCUT2D eigenvalue weighted by Gasteiger charge is -2.45. The topological polar surface area (TPSA) is 91.7 Å². The van der Waals surface area contributed by atoms with Gasteiger partial charge in [-0.1, -0.05) is 6.92 Å². The number of aliphatic carboxylic acids is 2. The van der Waals surface area contributed by atoms with Gasteiger partial charge in [-0.25, -0.2) is 0 Å². The van der Waals surface area contributed by atoms with E-state index in [1.54, 1.807) is 0 Å². The number of carbonyl (C=O) groups is 3. The minimum atomic E-state index is -1.63. The van der Waals surface area contributed by atoms with E-state index in [2.05, 4.69) is 0 Å². The van der Waals surface area contributed by atoms with Crippen LogP contribution in [0.4, 0.5) is 0 Å². The van der Waals surface area contributed by atoms with Crippen LogP contribution in [0.5, 0.6) is 0 Å². The molecule has 3 aliphatic carbocycles. The van der Waals surface area contributed by atoms with Crippen LogP contribution in [-0.4, -0.2) is 27.9 Å². The molecule has 0 aromatic heterocycles. The molecule has 0 aliphatic heterocycles. The number of carbonyl (C=O) groups excluding carboxylic acids is 1. The summed E-state index contributed by atoms with van der Waals surface area (Å²) in [6.45, 7) is 1.99. The molecule has 0 aromatic rings. The number of hydrogen-bond donors (Lipinski definition) is 2. The second-order valence-electron chi connectivity index (χ2n) is 6.92. The highest BCUT2D eigenvalue weighted by atomic mass is 16.4. The van der Waals surface area contributed by atoms with Crippen LogP contribution in [-0.2, 0) is 14.4 Å². The Morgan fingerprint density at radius 1 is 1.05 bits per heavy atom. The fourth-order valence-electron chi connectivity index (χ4n) is 5.28. The zero-order valence-corrected chi connectivity index (χ0v) is 11.6. The maximum atomic E-state index is 12.1. The van der Waals surface area contributed by atoms with Crippen molar-refractivity contribution in [1.82, 2.24) is 0 Å². The molecule has 3 aliphatic rings. The molecule has 3 saturated carbocycles. The zero-order chi connectivity index (χ0) is 14.7. The zero-order valence-electron chi connectivity index (χ0n) is 11.6. The van der Waals surface area contributed by atoms with Gasteiger partial charge in [-0.05, 0) is 49.9 Å². The Kier molecular flexibility index (Phi) is 2.76. The highest BCUT2D eigenvalue weighted by Gasteiger charge is 2.65. The van der Waals surface area contributed by atoms with Gasteiger partial charge in [-0.15, -0.1) is 0 Å². The minimum Gasteiger partial charge on any atom is -0.480 e. The van der Waals surface area contributed by atoms with Crippen molar-refractivity contribution < 1.29 is 24.6 Å². The number of carboxylic acid groups (broad SMARTS) is 2. The molecule has 2 N–H and O–H groups in total. The maximum Gasteiger partial charge on any atom is 0.321 e. The molecular weight excluding hydrogens is 260 g/mol. The summed E-state index contributed by atoms with van der Waals surface area (Å²) >= 11 is 0. The smallest absolute Gasteiger partial charge is 0.321 e. The van der Waals surface area contributed by atoms with Gasteiger partial charge in [-0.3, -0.25) is 14.4 Å². The van der Waals surface area contributed by atoms with E-state index in [4.69, 9.17) is 0 Å². The summed E-state index contributed by atoms with van der Waals surface area (Å²) in [4.78, 5) is 35.3. The summed E-state index contributed by atoms with van der Waals surface area (Å²) in [6, 6.07) is 0. The minimum absolute atomic E-state index is 0.0763. The summed E-state index contributed by atoms with van der Waals surface area (Å²) < 4.78 is 0. The van der Waals surface area contributed by atoms with Crippen LogP contribution in [0.15, 0.2) is 0 Å². The van der Waals surface area contributed by atoms with Crippen LogP contribution < -0.4 is 0 Å². The van der Waals surface area contributed by atoms with Crippen LogP contribution in [0.25, 0.3) is 0 Å². The number of hydrogen-bond acceptors (Lipinski definition) is 3. The van der Waals surface area contributed by atoms with Crippen molar-refractivity contribution in [2.24, 2.45) is 28.6 Å². The van der Waals surface area contributed by atoms with E-state index in [-0.39, 0.29) is 35.4 Å². The number of Topliss-reactive ketones (excluding diaryl/α,β-unsaturated/α-hetero) is 1. The van der Waals surface area contributed by atoms with E-state index in [1.165, 1.54) is 0 Å². The number of ketones is 1. The van der Waals surface area contributed by atoms with Crippen molar-refractivity contribution in [3.8, 4) is 0 Å². The Morgan fingerprint density at radius 3 is 2.30 bits per heavy atom. The van der Waals surface area contributed by atoms with E-state index in [9.17, 15) is 24.6 Å². The Hall–Kier alpha value is -1.39. The second-order valence-corrected chi connectivity index (χ2v) is 6.92. The Morgan fingerprint density at radius 2 is 1.70 bits per heavy atom. The van der Waals surface area contributed by atoms with Crippen LogP contribution in [0.3, 0.4) is 0 Å². The van der Waals surface area contributed by atoms with Gasteiger partial charge in [0.25, 0.3) is 0 Å². The molecule has 0 aromatic carbocycles. The van der Waals surface area contributed by atoms with Crippen LogP contribution in [0.1, 0.15) is 45.4 Å². The summed E-state index contributed by atoms with van der Waals surface area (Å²) in [5.74, 6) is -2.19. The lowest BCUT2D eigenvalue weighted by atomic mass is 9.57. The fourth-order valence-corrected chi connectivity index (χ4v) is 5.28. The monoisotopic (exact) mass is 280 g/mol.